The largest absolute Gasteiger partial charge is 0.376 e. The molecule has 146 valence electrons. The average Bonchev–Trinajstić information content (AvgIpc) is 3.15. The smallest absolute Gasteiger partial charge is 0.243 e. The predicted octanol–water partition coefficient (Wildman–Crippen LogP) is 3.17. The van der Waals surface area contributed by atoms with Gasteiger partial charge in [0.2, 0.25) is 15.9 Å². The van der Waals surface area contributed by atoms with Crippen molar-refractivity contribution < 1.29 is 13.2 Å². The molecule has 1 aliphatic rings. The molecule has 2 heterocycles. The Kier molecular flexibility index (Phi) is 6.18. The SMILES string of the molecule is CN(C)c1ccc(S(=O)(=O)N2CCCCC2)cc1NC(=O)Cc1cccs1. The normalized spacial score (nSPS) is 15.5. The number of anilines is 2. The monoisotopic (exact) mass is 407 g/mol. The molecule has 27 heavy (non-hydrogen) atoms. The van der Waals surface area contributed by atoms with Crippen molar-refractivity contribution in [3.05, 3.63) is 40.6 Å². The lowest BCUT2D eigenvalue weighted by molar-refractivity contribution is -0.115. The minimum Gasteiger partial charge on any atom is -0.376 e. The lowest BCUT2D eigenvalue weighted by Gasteiger charge is -2.26. The van der Waals surface area contributed by atoms with Gasteiger partial charge in [0.15, 0.2) is 0 Å². The van der Waals surface area contributed by atoms with Crippen molar-refractivity contribution in [1.82, 2.24) is 4.31 Å². The first-order chi connectivity index (χ1) is 12.9. The molecule has 6 nitrogen and oxygen atoms in total. The Bertz CT molecular complexity index is 887. The summed E-state index contributed by atoms with van der Waals surface area (Å²) in [4.78, 5) is 15.5. The Morgan fingerprint density at radius 3 is 2.56 bits per heavy atom. The molecular weight excluding hydrogens is 382 g/mol. The second-order valence-corrected chi connectivity index (χ2v) is 9.81. The van der Waals surface area contributed by atoms with Crippen molar-refractivity contribution in [2.24, 2.45) is 0 Å². The maximum absolute atomic E-state index is 13.0. The standard InChI is InChI=1S/C19H25N3O3S2/c1-21(2)18-9-8-16(27(24,25)22-10-4-3-5-11-22)14-17(18)20-19(23)13-15-7-6-12-26-15/h6-9,12,14H,3-5,10-11,13H2,1-2H3,(H,20,23). The molecule has 1 fully saturated rings. The van der Waals surface area contributed by atoms with Crippen LogP contribution in [0.1, 0.15) is 24.1 Å². The summed E-state index contributed by atoms with van der Waals surface area (Å²) in [5.41, 5.74) is 1.28. The van der Waals surface area contributed by atoms with E-state index in [2.05, 4.69) is 5.32 Å². The van der Waals surface area contributed by atoms with E-state index in [0.29, 0.717) is 18.8 Å². The van der Waals surface area contributed by atoms with Crippen LogP contribution in [0, 0.1) is 0 Å². The number of rotatable bonds is 6. The first-order valence-electron chi connectivity index (χ1n) is 9.01. The number of amides is 1. The van der Waals surface area contributed by atoms with E-state index in [1.54, 1.807) is 22.5 Å². The fourth-order valence-electron chi connectivity index (χ4n) is 3.19. The van der Waals surface area contributed by atoms with E-state index in [1.165, 1.54) is 11.3 Å². The lowest BCUT2D eigenvalue weighted by Crippen LogP contribution is -2.35. The zero-order valence-corrected chi connectivity index (χ0v) is 17.3. The molecule has 1 N–H and O–H groups in total. The summed E-state index contributed by atoms with van der Waals surface area (Å²) >= 11 is 1.52. The number of benzene rings is 1. The molecule has 8 heteroatoms. The van der Waals surface area contributed by atoms with Gasteiger partial charge in [-0.05, 0) is 42.5 Å². The number of piperidine rings is 1. The molecule has 0 radical (unpaired) electrons. The van der Waals surface area contributed by atoms with Gasteiger partial charge >= 0.3 is 0 Å². The number of carbonyl (C=O) groups excluding carboxylic acids is 1. The summed E-state index contributed by atoms with van der Waals surface area (Å²) in [5, 5.41) is 4.82. The van der Waals surface area contributed by atoms with Crippen LogP contribution >= 0.6 is 11.3 Å². The Hall–Kier alpha value is -1.90. The second kappa shape index (κ2) is 8.41. The van der Waals surface area contributed by atoms with Gasteiger partial charge in [-0.1, -0.05) is 12.5 Å². The topological polar surface area (TPSA) is 69.7 Å². The van der Waals surface area contributed by atoms with Gasteiger partial charge in [0, 0.05) is 32.1 Å². The number of thiophene rings is 1. The van der Waals surface area contributed by atoms with Crippen molar-refractivity contribution in [3.8, 4) is 0 Å². The molecular formula is C19H25N3O3S2. The van der Waals surface area contributed by atoms with Crippen LogP contribution in [0.15, 0.2) is 40.6 Å². The van der Waals surface area contributed by atoms with Gasteiger partial charge in [0.25, 0.3) is 0 Å². The van der Waals surface area contributed by atoms with Crippen LogP contribution in [-0.4, -0.2) is 45.8 Å². The average molecular weight is 408 g/mol. The predicted molar refractivity (Wildman–Crippen MR) is 110 cm³/mol. The van der Waals surface area contributed by atoms with Crippen LogP contribution in [0.4, 0.5) is 11.4 Å². The number of hydrogen-bond acceptors (Lipinski definition) is 5. The Balaban J connectivity index is 1.87. The third-order valence-electron chi connectivity index (χ3n) is 4.59. The highest BCUT2D eigenvalue weighted by Crippen LogP contribution is 2.30. The van der Waals surface area contributed by atoms with Crippen LogP contribution in [-0.2, 0) is 21.2 Å². The lowest BCUT2D eigenvalue weighted by atomic mass is 10.2. The van der Waals surface area contributed by atoms with Crippen molar-refractivity contribution >= 4 is 38.6 Å². The first-order valence-corrected chi connectivity index (χ1v) is 11.3. The number of carbonyl (C=O) groups is 1. The number of hydrogen-bond donors (Lipinski definition) is 1. The molecule has 1 amide bonds. The molecule has 0 unspecified atom stereocenters. The molecule has 0 atom stereocenters. The van der Waals surface area contributed by atoms with Crippen LogP contribution in [0.5, 0.6) is 0 Å². The highest BCUT2D eigenvalue weighted by Gasteiger charge is 2.27. The molecule has 0 aliphatic carbocycles. The third kappa shape index (κ3) is 4.69. The molecule has 0 saturated carbocycles. The summed E-state index contributed by atoms with van der Waals surface area (Å²) in [6, 6.07) is 8.76. The van der Waals surface area contributed by atoms with E-state index in [1.807, 2.05) is 36.5 Å². The van der Waals surface area contributed by atoms with Crippen LogP contribution < -0.4 is 10.2 Å². The Morgan fingerprint density at radius 1 is 1.19 bits per heavy atom. The summed E-state index contributed by atoms with van der Waals surface area (Å²) in [6.45, 7) is 1.11. The van der Waals surface area contributed by atoms with Crippen LogP contribution in [0.3, 0.4) is 0 Å². The molecule has 1 aromatic carbocycles. The molecule has 1 aromatic heterocycles. The molecule has 1 saturated heterocycles. The second-order valence-electron chi connectivity index (χ2n) is 6.84. The van der Waals surface area contributed by atoms with Gasteiger partial charge in [0.1, 0.15) is 0 Å². The first kappa shape index (κ1) is 19.9. The van der Waals surface area contributed by atoms with Gasteiger partial charge in [-0.15, -0.1) is 11.3 Å². The molecule has 0 spiro atoms. The highest BCUT2D eigenvalue weighted by molar-refractivity contribution is 7.89. The number of nitrogens with zero attached hydrogens (tertiary/aromatic N) is 2. The Labute approximate surface area is 164 Å². The van der Waals surface area contributed by atoms with Crippen LogP contribution in [0.25, 0.3) is 0 Å². The fourth-order valence-corrected chi connectivity index (χ4v) is 5.43. The maximum Gasteiger partial charge on any atom is 0.243 e. The highest BCUT2D eigenvalue weighted by atomic mass is 32.2. The number of sulfonamides is 1. The summed E-state index contributed by atoms with van der Waals surface area (Å²) < 4.78 is 27.5. The van der Waals surface area contributed by atoms with E-state index < -0.39 is 10.0 Å². The van der Waals surface area contributed by atoms with E-state index in [0.717, 1.165) is 29.8 Å². The van der Waals surface area contributed by atoms with Gasteiger partial charge in [-0.2, -0.15) is 4.31 Å². The van der Waals surface area contributed by atoms with Crippen molar-refractivity contribution in [2.75, 3.05) is 37.4 Å². The Morgan fingerprint density at radius 2 is 1.93 bits per heavy atom. The van der Waals surface area contributed by atoms with E-state index >= 15 is 0 Å². The van der Waals surface area contributed by atoms with Crippen molar-refractivity contribution in [2.45, 2.75) is 30.6 Å². The van der Waals surface area contributed by atoms with Gasteiger partial charge in [-0.3, -0.25) is 4.79 Å². The van der Waals surface area contributed by atoms with Gasteiger partial charge in [-0.25, -0.2) is 8.42 Å². The summed E-state index contributed by atoms with van der Waals surface area (Å²) in [6.07, 6.45) is 3.11. The molecule has 1 aliphatic heterocycles. The van der Waals surface area contributed by atoms with Crippen molar-refractivity contribution in [1.29, 1.82) is 0 Å². The summed E-state index contributed by atoms with van der Waals surface area (Å²) in [7, 11) is 0.181. The van der Waals surface area contributed by atoms with E-state index in [-0.39, 0.29) is 17.2 Å². The van der Waals surface area contributed by atoms with Gasteiger partial charge < -0.3 is 10.2 Å². The maximum atomic E-state index is 13.0. The quantitative estimate of drug-likeness (QED) is 0.799. The van der Waals surface area contributed by atoms with E-state index in [9.17, 15) is 13.2 Å². The fraction of sp³-hybridized carbons (Fsp3) is 0.421. The zero-order valence-electron chi connectivity index (χ0n) is 15.6. The summed E-state index contributed by atoms with van der Waals surface area (Å²) in [5.74, 6) is -0.159. The van der Waals surface area contributed by atoms with E-state index in [4.69, 9.17) is 0 Å². The van der Waals surface area contributed by atoms with Crippen LogP contribution in [0.2, 0.25) is 0 Å². The van der Waals surface area contributed by atoms with Gasteiger partial charge in [0.05, 0.1) is 22.7 Å². The molecule has 2 aromatic rings. The number of nitrogens with one attached hydrogen (secondary N) is 1. The third-order valence-corrected chi connectivity index (χ3v) is 7.36. The minimum atomic E-state index is -3.55. The molecule has 3 rings (SSSR count). The zero-order chi connectivity index (χ0) is 19.4. The minimum absolute atomic E-state index is 0.159. The van der Waals surface area contributed by atoms with Crippen molar-refractivity contribution in [3.63, 3.8) is 0 Å². The molecule has 0 bridgehead atoms.